The Morgan fingerprint density at radius 2 is 1.94 bits per heavy atom. The lowest BCUT2D eigenvalue weighted by molar-refractivity contribution is -0.136. The van der Waals surface area contributed by atoms with Crippen LogP contribution in [0.3, 0.4) is 0 Å². The number of nitrogens with one attached hydrogen (secondary N) is 1. The summed E-state index contributed by atoms with van der Waals surface area (Å²) in [7, 11) is 0. The molecule has 1 N–H and O–H groups in total. The monoisotopic (exact) mass is 282 g/mol. The Kier molecular flexibility index (Phi) is 3.36. The van der Waals surface area contributed by atoms with Crippen molar-refractivity contribution in [1.82, 2.24) is 10.2 Å². The van der Waals surface area contributed by atoms with Crippen molar-refractivity contribution in [2.75, 3.05) is 13.1 Å². The Balaban J connectivity index is 2.04. The fraction of sp³-hybridized carbons (Fsp3) is 0.273. The van der Waals surface area contributed by atoms with Crippen LogP contribution >= 0.6 is 15.9 Å². The van der Waals surface area contributed by atoms with Gasteiger partial charge in [0.2, 0.25) is 11.8 Å². The van der Waals surface area contributed by atoms with Crippen molar-refractivity contribution < 1.29 is 9.59 Å². The van der Waals surface area contributed by atoms with Crippen LogP contribution in [0.4, 0.5) is 0 Å². The number of imide groups is 1. The molecule has 0 bridgehead atoms. The van der Waals surface area contributed by atoms with Crippen LogP contribution in [0.25, 0.3) is 0 Å². The number of halogens is 1. The number of hydrogen-bond donors (Lipinski definition) is 1. The van der Waals surface area contributed by atoms with Crippen molar-refractivity contribution in [3.8, 4) is 0 Å². The molecule has 1 saturated heterocycles. The molecule has 0 radical (unpaired) electrons. The van der Waals surface area contributed by atoms with E-state index in [4.69, 9.17) is 0 Å². The molecule has 0 unspecified atom stereocenters. The second kappa shape index (κ2) is 4.76. The van der Waals surface area contributed by atoms with Crippen molar-refractivity contribution in [3.63, 3.8) is 0 Å². The van der Waals surface area contributed by atoms with Gasteiger partial charge in [-0.3, -0.25) is 19.8 Å². The predicted molar refractivity (Wildman–Crippen MR) is 62.6 cm³/mol. The molecule has 84 valence electrons. The summed E-state index contributed by atoms with van der Waals surface area (Å²) in [5.41, 5.74) is 1.08. The third-order valence-electron chi connectivity index (χ3n) is 2.31. The topological polar surface area (TPSA) is 49.4 Å². The molecule has 2 amide bonds. The zero-order valence-corrected chi connectivity index (χ0v) is 10.2. The number of carbonyl (C=O) groups excluding carboxylic acids is 2. The van der Waals surface area contributed by atoms with Gasteiger partial charge in [-0.1, -0.05) is 28.1 Å². The fourth-order valence-corrected chi connectivity index (χ4v) is 2.15. The summed E-state index contributed by atoms with van der Waals surface area (Å²) in [4.78, 5) is 24.1. The minimum atomic E-state index is -0.230. The lowest BCUT2D eigenvalue weighted by atomic mass is 10.2. The second-order valence-electron chi connectivity index (χ2n) is 3.75. The van der Waals surface area contributed by atoms with Crippen molar-refractivity contribution >= 4 is 27.7 Å². The van der Waals surface area contributed by atoms with Gasteiger partial charge in [-0.2, -0.15) is 0 Å². The van der Waals surface area contributed by atoms with E-state index < -0.39 is 0 Å². The van der Waals surface area contributed by atoms with Crippen molar-refractivity contribution in [2.24, 2.45) is 0 Å². The Hall–Kier alpha value is -1.20. The molecule has 16 heavy (non-hydrogen) atoms. The maximum atomic E-state index is 11.2. The quantitative estimate of drug-likeness (QED) is 0.821. The summed E-state index contributed by atoms with van der Waals surface area (Å²) in [5.74, 6) is -0.461. The standard InChI is InChI=1S/C11H11BrN2O2/c12-9-3-1-2-8(4-9)5-14-6-10(15)13-11(16)7-14/h1-4H,5-7H2,(H,13,15,16). The van der Waals surface area contributed by atoms with Crippen LogP contribution in [0.5, 0.6) is 0 Å². The molecule has 1 aromatic rings. The van der Waals surface area contributed by atoms with E-state index in [-0.39, 0.29) is 24.9 Å². The van der Waals surface area contributed by atoms with Gasteiger partial charge in [-0.25, -0.2) is 0 Å². The molecule has 0 aromatic heterocycles. The highest BCUT2D eigenvalue weighted by atomic mass is 79.9. The zero-order valence-electron chi connectivity index (χ0n) is 8.57. The Labute approximate surface area is 102 Å². The van der Waals surface area contributed by atoms with Crippen molar-refractivity contribution in [1.29, 1.82) is 0 Å². The van der Waals surface area contributed by atoms with Gasteiger partial charge in [-0.05, 0) is 17.7 Å². The van der Waals surface area contributed by atoms with E-state index in [0.717, 1.165) is 10.0 Å². The van der Waals surface area contributed by atoms with E-state index in [0.29, 0.717) is 6.54 Å². The number of nitrogens with zero attached hydrogens (tertiary/aromatic N) is 1. The van der Waals surface area contributed by atoms with Crippen LogP contribution in [0, 0.1) is 0 Å². The number of rotatable bonds is 2. The van der Waals surface area contributed by atoms with Gasteiger partial charge in [0.25, 0.3) is 0 Å². The van der Waals surface area contributed by atoms with E-state index >= 15 is 0 Å². The minimum absolute atomic E-state index is 0.230. The molecule has 4 nitrogen and oxygen atoms in total. The van der Waals surface area contributed by atoms with E-state index in [1.807, 2.05) is 29.2 Å². The van der Waals surface area contributed by atoms with Crippen LogP contribution in [0.2, 0.25) is 0 Å². The van der Waals surface area contributed by atoms with Gasteiger partial charge >= 0.3 is 0 Å². The highest BCUT2D eigenvalue weighted by molar-refractivity contribution is 9.10. The van der Waals surface area contributed by atoms with Gasteiger partial charge in [0.1, 0.15) is 0 Å². The summed E-state index contributed by atoms with van der Waals surface area (Å²) in [6, 6.07) is 7.83. The number of benzene rings is 1. The van der Waals surface area contributed by atoms with Crippen LogP contribution in [0.1, 0.15) is 5.56 Å². The molecule has 0 saturated carbocycles. The highest BCUT2D eigenvalue weighted by Gasteiger charge is 2.22. The van der Waals surface area contributed by atoms with Gasteiger partial charge in [-0.15, -0.1) is 0 Å². The summed E-state index contributed by atoms with van der Waals surface area (Å²) in [6.45, 7) is 1.16. The van der Waals surface area contributed by atoms with Crippen molar-refractivity contribution in [2.45, 2.75) is 6.54 Å². The Morgan fingerprint density at radius 3 is 2.56 bits per heavy atom. The summed E-state index contributed by atoms with van der Waals surface area (Å²) < 4.78 is 0.998. The number of hydrogen-bond acceptors (Lipinski definition) is 3. The smallest absolute Gasteiger partial charge is 0.240 e. The summed E-state index contributed by atoms with van der Waals surface area (Å²) in [5, 5.41) is 2.28. The Morgan fingerprint density at radius 1 is 1.25 bits per heavy atom. The highest BCUT2D eigenvalue weighted by Crippen LogP contribution is 2.13. The van der Waals surface area contributed by atoms with E-state index in [2.05, 4.69) is 21.2 Å². The predicted octanol–water partition coefficient (Wildman–Crippen LogP) is 0.908. The molecule has 1 aliphatic rings. The molecule has 2 rings (SSSR count). The number of amides is 2. The van der Waals surface area contributed by atoms with E-state index in [9.17, 15) is 9.59 Å². The minimum Gasteiger partial charge on any atom is -0.294 e. The fourth-order valence-electron chi connectivity index (χ4n) is 1.70. The first-order valence-corrected chi connectivity index (χ1v) is 5.72. The molecular formula is C11H11BrN2O2. The first kappa shape index (κ1) is 11.3. The van der Waals surface area contributed by atoms with E-state index in [1.165, 1.54) is 0 Å². The van der Waals surface area contributed by atoms with Gasteiger partial charge in [0.15, 0.2) is 0 Å². The SMILES string of the molecule is O=C1CN(Cc2cccc(Br)c2)CC(=O)N1. The second-order valence-corrected chi connectivity index (χ2v) is 4.66. The molecule has 1 aliphatic heterocycles. The summed E-state index contributed by atoms with van der Waals surface area (Å²) in [6.07, 6.45) is 0. The van der Waals surface area contributed by atoms with Gasteiger partial charge < -0.3 is 0 Å². The molecule has 0 aliphatic carbocycles. The van der Waals surface area contributed by atoms with Crippen LogP contribution in [-0.2, 0) is 16.1 Å². The first-order valence-electron chi connectivity index (χ1n) is 4.93. The largest absolute Gasteiger partial charge is 0.294 e. The number of carbonyl (C=O) groups is 2. The van der Waals surface area contributed by atoms with Gasteiger partial charge in [0.05, 0.1) is 13.1 Å². The third kappa shape index (κ3) is 2.90. The molecule has 1 aromatic carbocycles. The lowest BCUT2D eigenvalue weighted by Gasteiger charge is -2.25. The average molecular weight is 283 g/mol. The maximum absolute atomic E-state index is 11.2. The summed E-state index contributed by atoms with van der Waals surface area (Å²) >= 11 is 3.39. The van der Waals surface area contributed by atoms with Crippen LogP contribution in [-0.4, -0.2) is 29.8 Å². The molecule has 1 heterocycles. The molecule has 0 atom stereocenters. The average Bonchev–Trinajstić information content (AvgIpc) is 2.15. The van der Waals surface area contributed by atoms with Crippen LogP contribution < -0.4 is 5.32 Å². The molecular weight excluding hydrogens is 272 g/mol. The normalized spacial score (nSPS) is 17.3. The first-order chi connectivity index (χ1) is 7.63. The Bertz CT molecular complexity index is 418. The van der Waals surface area contributed by atoms with Crippen LogP contribution in [0.15, 0.2) is 28.7 Å². The van der Waals surface area contributed by atoms with E-state index in [1.54, 1.807) is 0 Å². The van der Waals surface area contributed by atoms with Crippen molar-refractivity contribution in [3.05, 3.63) is 34.3 Å². The lowest BCUT2D eigenvalue weighted by Crippen LogP contribution is -2.50. The number of piperazine rings is 1. The molecule has 1 fully saturated rings. The zero-order chi connectivity index (χ0) is 11.5. The third-order valence-corrected chi connectivity index (χ3v) is 2.80. The maximum Gasteiger partial charge on any atom is 0.240 e. The molecule has 5 heteroatoms. The van der Waals surface area contributed by atoms with Gasteiger partial charge in [0, 0.05) is 11.0 Å². The molecule has 0 spiro atoms.